The van der Waals surface area contributed by atoms with Gasteiger partial charge in [-0.05, 0) is 12.5 Å². The van der Waals surface area contributed by atoms with Crippen LogP contribution >= 0.6 is 23.2 Å². The fourth-order valence-electron chi connectivity index (χ4n) is 1.19. The highest BCUT2D eigenvalue weighted by Crippen LogP contribution is 2.22. The summed E-state index contributed by atoms with van der Waals surface area (Å²) in [6, 6.07) is 1.61. The molecular weight excluding hydrogens is 261 g/mol. The van der Waals surface area contributed by atoms with Crippen molar-refractivity contribution in [1.82, 2.24) is 10.3 Å². The van der Waals surface area contributed by atoms with Crippen molar-refractivity contribution in [2.75, 3.05) is 18.4 Å². The van der Waals surface area contributed by atoms with E-state index < -0.39 is 0 Å². The van der Waals surface area contributed by atoms with Crippen molar-refractivity contribution in [3.8, 4) is 0 Å². The first-order valence-electron chi connectivity index (χ1n) is 5.45. The number of pyridine rings is 1. The Kier molecular flexibility index (Phi) is 6.08. The molecule has 0 aliphatic rings. The van der Waals surface area contributed by atoms with E-state index >= 15 is 0 Å². The number of carbonyl (C=O) groups is 1. The standard InChI is InChI=1S/C11H15Cl2N3O/c1-2-4-14-10(17)3-5-15-11-9(13)6-8(12)7-16-11/h6-7H,2-5H2,1H3,(H,14,17)(H,15,16). The van der Waals surface area contributed by atoms with Gasteiger partial charge in [0.2, 0.25) is 5.91 Å². The third-order valence-electron chi connectivity index (χ3n) is 2.02. The molecule has 0 aliphatic heterocycles. The SMILES string of the molecule is CCCNC(=O)CCNc1ncc(Cl)cc1Cl. The normalized spacial score (nSPS) is 10.1. The van der Waals surface area contributed by atoms with Gasteiger partial charge in [0.15, 0.2) is 0 Å². The summed E-state index contributed by atoms with van der Waals surface area (Å²) >= 11 is 11.6. The summed E-state index contributed by atoms with van der Waals surface area (Å²) in [7, 11) is 0. The molecule has 0 bridgehead atoms. The van der Waals surface area contributed by atoms with Crippen molar-refractivity contribution in [3.63, 3.8) is 0 Å². The molecular formula is C11H15Cl2N3O. The van der Waals surface area contributed by atoms with Crippen LogP contribution in [0.2, 0.25) is 10.0 Å². The van der Waals surface area contributed by atoms with Crippen molar-refractivity contribution < 1.29 is 4.79 Å². The van der Waals surface area contributed by atoms with Crippen molar-refractivity contribution in [1.29, 1.82) is 0 Å². The second kappa shape index (κ2) is 7.35. The number of aromatic nitrogens is 1. The molecule has 6 heteroatoms. The van der Waals surface area contributed by atoms with Gasteiger partial charge >= 0.3 is 0 Å². The van der Waals surface area contributed by atoms with Crippen molar-refractivity contribution in [3.05, 3.63) is 22.3 Å². The first-order chi connectivity index (χ1) is 8.13. The average molecular weight is 276 g/mol. The molecule has 0 spiro atoms. The number of halogens is 2. The van der Waals surface area contributed by atoms with Crippen LogP contribution < -0.4 is 10.6 Å². The lowest BCUT2D eigenvalue weighted by Crippen LogP contribution is -2.26. The predicted molar refractivity (Wildman–Crippen MR) is 70.7 cm³/mol. The first kappa shape index (κ1) is 14.1. The highest BCUT2D eigenvalue weighted by atomic mass is 35.5. The van der Waals surface area contributed by atoms with E-state index in [2.05, 4.69) is 15.6 Å². The van der Waals surface area contributed by atoms with Crippen LogP contribution in [0.4, 0.5) is 5.82 Å². The Balaban J connectivity index is 2.33. The minimum Gasteiger partial charge on any atom is -0.368 e. The summed E-state index contributed by atoms with van der Waals surface area (Å²) in [4.78, 5) is 15.3. The van der Waals surface area contributed by atoms with Gasteiger partial charge in [-0.1, -0.05) is 30.1 Å². The fourth-order valence-corrected chi connectivity index (χ4v) is 1.64. The van der Waals surface area contributed by atoms with Crippen LogP contribution in [0.1, 0.15) is 19.8 Å². The number of hydrogen-bond donors (Lipinski definition) is 2. The van der Waals surface area contributed by atoms with Crippen molar-refractivity contribution in [2.45, 2.75) is 19.8 Å². The highest BCUT2D eigenvalue weighted by Gasteiger charge is 2.04. The molecule has 1 aromatic heterocycles. The molecule has 0 saturated carbocycles. The van der Waals surface area contributed by atoms with Gasteiger partial charge in [-0.2, -0.15) is 0 Å². The van der Waals surface area contributed by atoms with Crippen LogP contribution in [-0.2, 0) is 4.79 Å². The zero-order valence-electron chi connectivity index (χ0n) is 9.59. The van der Waals surface area contributed by atoms with Crippen LogP contribution in [0.15, 0.2) is 12.3 Å². The summed E-state index contributed by atoms with van der Waals surface area (Å²) in [6.07, 6.45) is 2.83. The van der Waals surface area contributed by atoms with E-state index in [-0.39, 0.29) is 5.91 Å². The van der Waals surface area contributed by atoms with Gasteiger partial charge in [-0.3, -0.25) is 4.79 Å². The molecule has 94 valence electrons. The van der Waals surface area contributed by atoms with Gasteiger partial charge in [0.1, 0.15) is 5.82 Å². The van der Waals surface area contributed by atoms with E-state index in [1.807, 2.05) is 6.92 Å². The van der Waals surface area contributed by atoms with E-state index in [4.69, 9.17) is 23.2 Å². The zero-order chi connectivity index (χ0) is 12.7. The average Bonchev–Trinajstić information content (AvgIpc) is 2.29. The van der Waals surface area contributed by atoms with Gasteiger partial charge in [0.05, 0.1) is 10.0 Å². The number of carbonyl (C=O) groups excluding carboxylic acids is 1. The Morgan fingerprint density at radius 1 is 1.41 bits per heavy atom. The maximum Gasteiger partial charge on any atom is 0.221 e. The van der Waals surface area contributed by atoms with Crippen molar-refractivity contribution >= 4 is 34.9 Å². The number of nitrogens with zero attached hydrogens (tertiary/aromatic N) is 1. The second-order valence-corrected chi connectivity index (χ2v) is 4.35. The van der Waals surface area contributed by atoms with Gasteiger partial charge in [0.25, 0.3) is 0 Å². The Labute approximate surface area is 111 Å². The molecule has 4 nitrogen and oxygen atoms in total. The molecule has 0 unspecified atom stereocenters. The van der Waals surface area contributed by atoms with Crippen molar-refractivity contribution in [2.24, 2.45) is 0 Å². The van der Waals surface area contributed by atoms with Crippen LogP contribution in [-0.4, -0.2) is 24.0 Å². The fraction of sp³-hybridized carbons (Fsp3) is 0.455. The summed E-state index contributed by atoms with van der Waals surface area (Å²) in [5.41, 5.74) is 0. The molecule has 0 radical (unpaired) electrons. The third-order valence-corrected chi connectivity index (χ3v) is 2.52. The molecule has 0 fully saturated rings. The summed E-state index contributed by atoms with van der Waals surface area (Å²) < 4.78 is 0. The van der Waals surface area contributed by atoms with E-state index in [0.717, 1.165) is 6.42 Å². The minimum atomic E-state index is 0.0180. The zero-order valence-corrected chi connectivity index (χ0v) is 11.1. The summed E-state index contributed by atoms with van der Waals surface area (Å²) in [5.74, 6) is 0.559. The lowest BCUT2D eigenvalue weighted by atomic mass is 10.3. The molecule has 1 aromatic rings. The molecule has 17 heavy (non-hydrogen) atoms. The number of amides is 1. The maximum absolute atomic E-state index is 11.3. The van der Waals surface area contributed by atoms with E-state index in [1.165, 1.54) is 6.20 Å². The highest BCUT2D eigenvalue weighted by molar-refractivity contribution is 6.35. The number of hydrogen-bond acceptors (Lipinski definition) is 3. The van der Waals surface area contributed by atoms with Gasteiger partial charge in [-0.25, -0.2) is 4.98 Å². The smallest absolute Gasteiger partial charge is 0.221 e. The molecule has 0 saturated heterocycles. The topological polar surface area (TPSA) is 54.0 Å². The number of nitrogens with one attached hydrogen (secondary N) is 2. The quantitative estimate of drug-likeness (QED) is 0.840. The van der Waals surface area contributed by atoms with Crippen LogP contribution in [0.3, 0.4) is 0 Å². The second-order valence-electron chi connectivity index (χ2n) is 3.51. The molecule has 0 aliphatic carbocycles. The Hall–Kier alpha value is -1.000. The monoisotopic (exact) mass is 275 g/mol. The third kappa shape index (κ3) is 5.24. The summed E-state index contributed by atoms with van der Waals surface area (Å²) in [5, 5.41) is 6.71. The first-order valence-corrected chi connectivity index (χ1v) is 6.20. The lowest BCUT2D eigenvalue weighted by Gasteiger charge is -2.07. The van der Waals surface area contributed by atoms with Crippen LogP contribution in [0.5, 0.6) is 0 Å². The predicted octanol–water partition coefficient (Wildman–Crippen LogP) is 2.72. The molecule has 2 N–H and O–H groups in total. The van der Waals surface area contributed by atoms with Gasteiger partial charge in [0, 0.05) is 25.7 Å². The van der Waals surface area contributed by atoms with Crippen LogP contribution in [0, 0.1) is 0 Å². The van der Waals surface area contributed by atoms with E-state index in [9.17, 15) is 4.79 Å². The Morgan fingerprint density at radius 2 is 2.18 bits per heavy atom. The Morgan fingerprint density at radius 3 is 2.82 bits per heavy atom. The number of anilines is 1. The summed E-state index contributed by atoms with van der Waals surface area (Å²) in [6.45, 7) is 3.21. The largest absolute Gasteiger partial charge is 0.368 e. The molecule has 0 aromatic carbocycles. The molecule has 0 atom stereocenters. The van der Waals surface area contributed by atoms with Crippen LogP contribution in [0.25, 0.3) is 0 Å². The lowest BCUT2D eigenvalue weighted by molar-refractivity contribution is -0.120. The number of rotatable bonds is 6. The van der Waals surface area contributed by atoms with Gasteiger partial charge < -0.3 is 10.6 Å². The van der Waals surface area contributed by atoms with E-state index in [0.29, 0.717) is 35.4 Å². The maximum atomic E-state index is 11.3. The molecule has 1 amide bonds. The van der Waals surface area contributed by atoms with E-state index in [1.54, 1.807) is 6.07 Å². The van der Waals surface area contributed by atoms with Gasteiger partial charge in [-0.15, -0.1) is 0 Å². The molecule has 1 heterocycles. The Bertz CT molecular complexity index is 385. The minimum absolute atomic E-state index is 0.0180. The molecule has 1 rings (SSSR count).